The van der Waals surface area contributed by atoms with Gasteiger partial charge in [-0.05, 0) is 51.0 Å². The van der Waals surface area contributed by atoms with Gasteiger partial charge in [-0.25, -0.2) is 9.78 Å². The number of carbonyl (C=O) groups is 1. The lowest BCUT2D eigenvalue weighted by molar-refractivity contribution is -0.132. The number of amides is 1. The summed E-state index contributed by atoms with van der Waals surface area (Å²) in [4.78, 5) is 49.0. The first kappa shape index (κ1) is 23.9. The highest BCUT2D eigenvalue weighted by atomic mass is 16.3. The topological polar surface area (TPSA) is 144 Å². The van der Waals surface area contributed by atoms with Crippen molar-refractivity contribution in [3.63, 3.8) is 0 Å². The highest BCUT2D eigenvalue weighted by Gasteiger charge is 2.41. The van der Waals surface area contributed by atoms with Crippen molar-refractivity contribution in [2.24, 2.45) is 0 Å². The third-order valence-electron chi connectivity index (χ3n) is 6.75. The molecule has 3 aromatic rings. The Morgan fingerprint density at radius 3 is 2.59 bits per heavy atom. The van der Waals surface area contributed by atoms with Crippen LogP contribution in [0.25, 0.3) is 11.0 Å². The molecule has 10 heteroatoms. The molecule has 4 rings (SSSR count). The van der Waals surface area contributed by atoms with Crippen molar-refractivity contribution in [3.8, 4) is 0 Å². The van der Waals surface area contributed by atoms with E-state index in [4.69, 9.17) is 0 Å². The number of rotatable bonds is 4. The summed E-state index contributed by atoms with van der Waals surface area (Å²) in [6.07, 6.45) is 0.948. The van der Waals surface area contributed by atoms with Crippen molar-refractivity contribution >= 4 is 16.9 Å². The summed E-state index contributed by atoms with van der Waals surface area (Å²) in [6, 6.07) is 3.20. The van der Waals surface area contributed by atoms with Gasteiger partial charge < -0.3 is 20.1 Å². The van der Waals surface area contributed by atoms with Gasteiger partial charge >= 0.3 is 5.69 Å². The molecule has 1 aliphatic heterocycles. The number of fused-ring (bicyclic) bond motifs is 1. The molecule has 1 aliphatic rings. The zero-order chi connectivity index (χ0) is 24.8. The standard InChI is InChI=1S/C24H31N5O5/c1-13-7-17-18(8-14(13)2)26-20(25-17)5-6-21(31)28-11-16(30)9-24(4,34)19(12-28)29-10-15(3)22(32)27-23(29)33/h7-8,10,16,19,30,34H,5-6,9,11-12H2,1-4H3,(H,25,26)(H,27,32,33)/t16-,19+,24+/m1/s1. The van der Waals surface area contributed by atoms with E-state index in [9.17, 15) is 24.6 Å². The van der Waals surface area contributed by atoms with Gasteiger partial charge in [0.2, 0.25) is 5.91 Å². The van der Waals surface area contributed by atoms with E-state index in [-0.39, 0.29) is 31.8 Å². The summed E-state index contributed by atoms with van der Waals surface area (Å²) in [5.41, 5.74) is 1.73. The normalized spacial score (nSPS) is 23.3. The number of aromatic amines is 2. The van der Waals surface area contributed by atoms with Gasteiger partial charge in [-0.3, -0.25) is 19.1 Å². The molecule has 0 radical (unpaired) electrons. The van der Waals surface area contributed by atoms with Gasteiger partial charge in [0, 0.05) is 44.1 Å². The largest absolute Gasteiger partial charge is 0.391 e. The SMILES string of the molecule is Cc1cc2nc(CCC(=O)N3C[C@H](O)C[C@](C)(O)[C@@H](n4cc(C)c(=O)[nH]c4=O)C3)[nH]c2cc1C. The van der Waals surface area contributed by atoms with Crippen LogP contribution in [-0.4, -0.2) is 65.3 Å². The van der Waals surface area contributed by atoms with Crippen molar-refractivity contribution < 1.29 is 15.0 Å². The number of aryl methyl sites for hydroxylation is 4. The number of hydrogen-bond acceptors (Lipinski definition) is 6. The van der Waals surface area contributed by atoms with Gasteiger partial charge in [-0.15, -0.1) is 0 Å². The lowest BCUT2D eigenvalue weighted by Crippen LogP contribution is -2.47. The van der Waals surface area contributed by atoms with E-state index >= 15 is 0 Å². The van der Waals surface area contributed by atoms with Crippen LogP contribution in [-0.2, 0) is 11.2 Å². The van der Waals surface area contributed by atoms with Crippen LogP contribution in [0, 0.1) is 20.8 Å². The van der Waals surface area contributed by atoms with Crippen LogP contribution in [0.2, 0.25) is 0 Å². The minimum Gasteiger partial charge on any atom is -0.391 e. The Morgan fingerprint density at radius 2 is 1.85 bits per heavy atom. The first-order valence-corrected chi connectivity index (χ1v) is 11.4. The molecule has 1 saturated heterocycles. The number of nitrogens with zero attached hydrogens (tertiary/aromatic N) is 3. The van der Waals surface area contributed by atoms with E-state index < -0.39 is 29.0 Å². The number of imidazole rings is 1. The summed E-state index contributed by atoms with van der Waals surface area (Å²) < 4.78 is 1.25. The van der Waals surface area contributed by atoms with Gasteiger partial charge in [0.05, 0.1) is 28.8 Å². The van der Waals surface area contributed by atoms with E-state index in [1.807, 2.05) is 26.0 Å². The van der Waals surface area contributed by atoms with Crippen LogP contribution >= 0.6 is 0 Å². The molecule has 3 heterocycles. The summed E-state index contributed by atoms with van der Waals surface area (Å²) in [5.74, 6) is 0.475. The van der Waals surface area contributed by atoms with Crippen molar-refractivity contribution in [3.05, 3.63) is 61.7 Å². The molecule has 0 saturated carbocycles. The Kier molecular flexibility index (Phi) is 6.22. The fourth-order valence-corrected chi connectivity index (χ4v) is 4.65. The molecule has 182 valence electrons. The average molecular weight is 470 g/mol. The summed E-state index contributed by atoms with van der Waals surface area (Å²) in [6.45, 7) is 7.21. The van der Waals surface area contributed by atoms with Crippen molar-refractivity contribution in [1.82, 2.24) is 24.4 Å². The van der Waals surface area contributed by atoms with Crippen molar-refractivity contribution in [2.75, 3.05) is 13.1 Å². The van der Waals surface area contributed by atoms with Gasteiger partial charge in [-0.2, -0.15) is 0 Å². The van der Waals surface area contributed by atoms with Crippen molar-refractivity contribution in [1.29, 1.82) is 0 Å². The third kappa shape index (κ3) is 4.69. The van der Waals surface area contributed by atoms with E-state index in [0.29, 0.717) is 17.8 Å². The van der Waals surface area contributed by atoms with Crippen molar-refractivity contribution in [2.45, 2.75) is 64.7 Å². The first-order valence-electron chi connectivity index (χ1n) is 11.4. The number of aromatic nitrogens is 4. The second-order valence-electron chi connectivity index (χ2n) is 9.65. The molecule has 0 bridgehead atoms. The fraction of sp³-hybridized carbons (Fsp3) is 0.500. The Bertz CT molecular complexity index is 1310. The maximum absolute atomic E-state index is 13.1. The maximum Gasteiger partial charge on any atom is 0.328 e. The molecule has 1 aromatic carbocycles. The smallest absolute Gasteiger partial charge is 0.328 e. The minimum atomic E-state index is -1.47. The van der Waals surface area contributed by atoms with Crippen LogP contribution in [0.5, 0.6) is 0 Å². The van der Waals surface area contributed by atoms with E-state index in [1.54, 1.807) is 6.92 Å². The number of β-amino-alcohol motifs (C(OH)–C–C–N with tert-alkyl or cyclic N) is 1. The molecule has 0 aliphatic carbocycles. The Morgan fingerprint density at radius 1 is 1.15 bits per heavy atom. The number of nitrogens with one attached hydrogen (secondary N) is 2. The average Bonchev–Trinajstić information content (AvgIpc) is 3.07. The minimum absolute atomic E-state index is 0.0195. The molecule has 1 amide bonds. The molecule has 10 nitrogen and oxygen atoms in total. The van der Waals surface area contributed by atoms with E-state index in [0.717, 1.165) is 22.2 Å². The molecule has 3 atom stereocenters. The highest BCUT2D eigenvalue weighted by Crippen LogP contribution is 2.31. The molecule has 4 N–H and O–H groups in total. The van der Waals surface area contributed by atoms with Crippen LogP contribution < -0.4 is 11.2 Å². The molecular weight excluding hydrogens is 438 g/mol. The lowest BCUT2D eigenvalue weighted by atomic mass is 9.91. The lowest BCUT2D eigenvalue weighted by Gasteiger charge is -2.34. The Hall–Kier alpha value is -3.24. The van der Waals surface area contributed by atoms with E-state index in [2.05, 4.69) is 15.0 Å². The zero-order valence-corrected chi connectivity index (χ0v) is 19.9. The maximum atomic E-state index is 13.1. The van der Waals surface area contributed by atoms with E-state index in [1.165, 1.54) is 22.6 Å². The first-order chi connectivity index (χ1) is 15.9. The van der Waals surface area contributed by atoms with Crippen LogP contribution in [0.3, 0.4) is 0 Å². The predicted molar refractivity (Wildman–Crippen MR) is 127 cm³/mol. The van der Waals surface area contributed by atoms with Gasteiger partial charge in [0.25, 0.3) is 5.56 Å². The molecule has 34 heavy (non-hydrogen) atoms. The molecule has 0 unspecified atom stereocenters. The second-order valence-corrected chi connectivity index (χ2v) is 9.65. The van der Waals surface area contributed by atoms with Crippen LogP contribution in [0.4, 0.5) is 0 Å². The summed E-state index contributed by atoms with van der Waals surface area (Å²) >= 11 is 0. The monoisotopic (exact) mass is 469 g/mol. The fourth-order valence-electron chi connectivity index (χ4n) is 4.65. The van der Waals surface area contributed by atoms with Gasteiger partial charge in [0.15, 0.2) is 0 Å². The van der Waals surface area contributed by atoms with Crippen LogP contribution in [0.1, 0.15) is 48.3 Å². The number of carbonyl (C=O) groups excluding carboxylic acids is 1. The zero-order valence-electron chi connectivity index (χ0n) is 19.9. The third-order valence-corrected chi connectivity index (χ3v) is 6.75. The molecule has 2 aromatic heterocycles. The van der Waals surface area contributed by atoms with Crippen LogP contribution in [0.15, 0.2) is 27.9 Å². The number of aliphatic hydroxyl groups excluding tert-OH is 1. The Labute approximate surface area is 196 Å². The number of benzene rings is 1. The molecule has 1 fully saturated rings. The van der Waals surface area contributed by atoms with Gasteiger partial charge in [-0.1, -0.05) is 0 Å². The van der Waals surface area contributed by atoms with Gasteiger partial charge in [0.1, 0.15) is 5.82 Å². The number of H-pyrrole nitrogens is 2. The molecular formula is C24H31N5O5. The number of likely N-dealkylation sites (tertiary alicyclic amines) is 1. The summed E-state index contributed by atoms with van der Waals surface area (Å²) in [5, 5.41) is 21.6. The summed E-state index contributed by atoms with van der Waals surface area (Å²) in [7, 11) is 0. The number of hydrogen-bond donors (Lipinski definition) is 4. The highest BCUT2D eigenvalue weighted by molar-refractivity contribution is 5.78. The predicted octanol–water partition coefficient (Wildman–Crippen LogP) is 0.856. The quantitative estimate of drug-likeness (QED) is 0.446. The molecule has 0 spiro atoms. The number of aliphatic hydroxyl groups is 2. The second kappa shape index (κ2) is 8.84. The Balaban J connectivity index is 1.55.